The van der Waals surface area contributed by atoms with E-state index in [0.717, 1.165) is 46.3 Å². The van der Waals surface area contributed by atoms with Crippen molar-refractivity contribution in [2.75, 3.05) is 0 Å². The van der Waals surface area contributed by atoms with E-state index < -0.39 is 0 Å². The molecule has 1 N–H and O–H groups in total. The number of aromatic amines is 1. The number of tetrazole rings is 1. The van der Waals surface area contributed by atoms with Crippen LogP contribution >= 0.6 is 0 Å². The van der Waals surface area contributed by atoms with Gasteiger partial charge in [0.2, 0.25) is 0 Å². The van der Waals surface area contributed by atoms with Crippen LogP contribution in [0, 0.1) is 12.7 Å². The minimum absolute atomic E-state index is 0.0527. The van der Waals surface area contributed by atoms with Crippen LogP contribution < -0.4 is 5.56 Å². The highest BCUT2D eigenvalue weighted by Gasteiger charge is 2.24. The molecular weight excluding hydrogens is 431 g/mol. The van der Waals surface area contributed by atoms with E-state index in [0.29, 0.717) is 25.7 Å². The third-order valence-electron chi connectivity index (χ3n) is 6.74. The SMILES string of the molecule is Cc1ccc2[nH]c(=O)c(CN(Cc3nnnn3Cc3ccc(F)cc3)C3CCCCC3)cc2c1. The molecule has 0 atom stereocenters. The van der Waals surface area contributed by atoms with Gasteiger partial charge in [0.1, 0.15) is 5.82 Å². The lowest BCUT2D eigenvalue weighted by Gasteiger charge is -2.33. The first kappa shape index (κ1) is 22.4. The quantitative estimate of drug-likeness (QED) is 0.444. The molecule has 8 heteroatoms. The number of pyridine rings is 1. The zero-order valence-corrected chi connectivity index (χ0v) is 19.4. The molecule has 2 aromatic carbocycles. The van der Waals surface area contributed by atoms with E-state index in [1.807, 2.05) is 18.2 Å². The summed E-state index contributed by atoms with van der Waals surface area (Å²) in [4.78, 5) is 18.3. The average molecular weight is 461 g/mol. The Morgan fingerprint density at radius 1 is 1.06 bits per heavy atom. The van der Waals surface area contributed by atoms with Crippen molar-refractivity contribution in [2.45, 2.75) is 64.7 Å². The molecule has 176 valence electrons. The molecule has 2 heterocycles. The van der Waals surface area contributed by atoms with Crippen molar-refractivity contribution in [3.8, 4) is 0 Å². The van der Waals surface area contributed by atoms with Crippen LogP contribution in [0.5, 0.6) is 0 Å². The van der Waals surface area contributed by atoms with Gasteiger partial charge in [-0.1, -0.05) is 43.0 Å². The zero-order valence-electron chi connectivity index (χ0n) is 19.4. The highest BCUT2D eigenvalue weighted by atomic mass is 19.1. The minimum atomic E-state index is -0.264. The molecule has 0 aliphatic heterocycles. The van der Waals surface area contributed by atoms with Gasteiger partial charge in [0, 0.05) is 23.7 Å². The van der Waals surface area contributed by atoms with E-state index in [4.69, 9.17) is 0 Å². The molecule has 1 aliphatic carbocycles. The minimum Gasteiger partial charge on any atom is -0.322 e. The van der Waals surface area contributed by atoms with Gasteiger partial charge >= 0.3 is 0 Å². The molecule has 0 unspecified atom stereocenters. The van der Waals surface area contributed by atoms with Crippen molar-refractivity contribution in [2.24, 2.45) is 0 Å². The molecular formula is C26H29FN6O. The molecule has 0 amide bonds. The lowest BCUT2D eigenvalue weighted by Crippen LogP contribution is -2.38. The number of rotatable bonds is 7. The highest BCUT2D eigenvalue weighted by Crippen LogP contribution is 2.25. The van der Waals surface area contributed by atoms with Gasteiger partial charge in [0.15, 0.2) is 5.82 Å². The molecule has 34 heavy (non-hydrogen) atoms. The van der Waals surface area contributed by atoms with Gasteiger partial charge < -0.3 is 4.98 Å². The lowest BCUT2D eigenvalue weighted by atomic mass is 9.93. The van der Waals surface area contributed by atoms with Crippen molar-refractivity contribution >= 4 is 10.9 Å². The van der Waals surface area contributed by atoms with Crippen LogP contribution in [0.1, 0.15) is 54.6 Å². The van der Waals surface area contributed by atoms with Gasteiger partial charge in [-0.05, 0) is 71.5 Å². The smallest absolute Gasteiger partial charge is 0.252 e. The number of hydrogen-bond donors (Lipinski definition) is 1. The third-order valence-corrected chi connectivity index (χ3v) is 6.74. The molecule has 0 saturated heterocycles. The van der Waals surface area contributed by atoms with Gasteiger partial charge in [-0.2, -0.15) is 0 Å². The van der Waals surface area contributed by atoms with Crippen LogP contribution in [0.2, 0.25) is 0 Å². The first-order valence-corrected chi connectivity index (χ1v) is 11.9. The van der Waals surface area contributed by atoms with E-state index in [1.54, 1.807) is 16.8 Å². The van der Waals surface area contributed by atoms with Gasteiger partial charge in [-0.15, -0.1) is 5.10 Å². The summed E-state index contributed by atoms with van der Waals surface area (Å²) >= 11 is 0. The summed E-state index contributed by atoms with van der Waals surface area (Å²) in [5.74, 6) is 0.475. The van der Waals surface area contributed by atoms with Crippen LogP contribution in [0.4, 0.5) is 4.39 Å². The fourth-order valence-corrected chi connectivity index (χ4v) is 4.87. The standard InChI is InChI=1S/C26H29FN6O/c1-18-7-12-24-20(13-18)14-21(26(34)28-24)16-32(23-5-3-2-4-6-23)17-25-29-30-31-33(25)15-19-8-10-22(27)11-9-19/h7-14,23H,2-6,15-17H2,1H3,(H,28,34). The third kappa shape index (κ3) is 5.07. The highest BCUT2D eigenvalue weighted by molar-refractivity contribution is 5.79. The average Bonchev–Trinajstić information content (AvgIpc) is 3.28. The van der Waals surface area contributed by atoms with Crippen molar-refractivity contribution in [3.63, 3.8) is 0 Å². The van der Waals surface area contributed by atoms with E-state index in [-0.39, 0.29) is 11.4 Å². The Hall–Kier alpha value is -3.39. The second-order valence-electron chi connectivity index (χ2n) is 9.29. The number of nitrogens with zero attached hydrogens (tertiary/aromatic N) is 5. The molecule has 4 aromatic rings. The number of fused-ring (bicyclic) bond motifs is 1. The number of halogens is 1. The predicted octanol–water partition coefficient (Wildman–Crippen LogP) is 4.35. The first-order chi connectivity index (χ1) is 16.5. The molecule has 5 rings (SSSR count). The zero-order chi connectivity index (χ0) is 23.5. The second-order valence-corrected chi connectivity index (χ2v) is 9.29. The number of aromatic nitrogens is 5. The Bertz CT molecular complexity index is 1320. The molecule has 1 aliphatic rings. The summed E-state index contributed by atoms with van der Waals surface area (Å²) in [6, 6.07) is 14.8. The van der Waals surface area contributed by atoms with Gasteiger partial charge in [-0.3, -0.25) is 9.69 Å². The first-order valence-electron chi connectivity index (χ1n) is 11.9. The molecule has 0 spiro atoms. The number of benzene rings is 2. The topological polar surface area (TPSA) is 79.7 Å². The number of aryl methyl sites for hydroxylation is 1. The van der Waals surface area contributed by atoms with Gasteiger partial charge in [0.25, 0.3) is 5.56 Å². The molecule has 7 nitrogen and oxygen atoms in total. The Morgan fingerprint density at radius 2 is 1.85 bits per heavy atom. The summed E-state index contributed by atoms with van der Waals surface area (Å²) < 4.78 is 15.1. The lowest BCUT2D eigenvalue weighted by molar-refractivity contribution is 0.134. The summed E-state index contributed by atoms with van der Waals surface area (Å²) in [5.41, 5.74) is 3.64. The summed E-state index contributed by atoms with van der Waals surface area (Å²) in [5, 5.41) is 13.4. The van der Waals surface area contributed by atoms with E-state index in [9.17, 15) is 9.18 Å². The van der Waals surface area contributed by atoms with Crippen molar-refractivity contribution in [1.29, 1.82) is 0 Å². The van der Waals surface area contributed by atoms with Crippen LogP contribution in [-0.2, 0) is 19.6 Å². The maximum Gasteiger partial charge on any atom is 0.252 e. The Labute approximate surface area is 197 Å². The van der Waals surface area contributed by atoms with E-state index in [2.05, 4.69) is 38.4 Å². The van der Waals surface area contributed by atoms with Crippen LogP contribution in [-0.4, -0.2) is 36.1 Å². The number of nitrogens with one attached hydrogen (secondary N) is 1. The number of hydrogen-bond acceptors (Lipinski definition) is 5. The fraction of sp³-hybridized carbons (Fsp3) is 0.385. The van der Waals surface area contributed by atoms with E-state index in [1.165, 1.54) is 31.4 Å². The summed E-state index contributed by atoms with van der Waals surface area (Å²) in [7, 11) is 0. The van der Waals surface area contributed by atoms with E-state index >= 15 is 0 Å². The van der Waals surface area contributed by atoms with Gasteiger partial charge in [-0.25, -0.2) is 9.07 Å². The fourth-order valence-electron chi connectivity index (χ4n) is 4.87. The summed E-state index contributed by atoms with van der Waals surface area (Å²) in [6.07, 6.45) is 5.83. The van der Waals surface area contributed by atoms with Crippen LogP contribution in [0.15, 0.2) is 53.3 Å². The molecule has 0 radical (unpaired) electrons. The van der Waals surface area contributed by atoms with Crippen LogP contribution in [0.25, 0.3) is 10.9 Å². The second kappa shape index (κ2) is 9.85. The molecule has 0 bridgehead atoms. The van der Waals surface area contributed by atoms with Crippen molar-refractivity contribution in [1.82, 2.24) is 30.1 Å². The number of H-pyrrole nitrogens is 1. The van der Waals surface area contributed by atoms with Crippen molar-refractivity contribution < 1.29 is 4.39 Å². The monoisotopic (exact) mass is 460 g/mol. The normalized spacial score (nSPS) is 14.8. The largest absolute Gasteiger partial charge is 0.322 e. The van der Waals surface area contributed by atoms with Crippen LogP contribution in [0.3, 0.4) is 0 Å². The Morgan fingerprint density at radius 3 is 2.65 bits per heavy atom. The maximum atomic E-state index is 13.3. The summed E-state index contributed by atoms with van der Waals surface area (Å²) in [6.45, 7) is 3.61. The molecule has 1 fully saturated rings. The molecule has 1 saturated carbocycles. The Kier molecular flexibility index (Phi) is 6.49. The molecule has 2 aromatic heterocycles. The Balaban J connectivity index is 1.42. The maximum absolute atomic E-state index is 13.3. The van der Waals surface area contributed by atoms with Gasteiger partial charge in [0.05, 0.1) is 13.1 Å². The van der Waals surface area contributed by atoms with Crippen molar-refractivity contribution in [3.05, 3.63) is 87.2 Å². The predicted molar refractivity (Wildman–Crippen MR) is 129 cm³/mol.